The van der Waals surface area contributed by atoms with E-state index < -0.39 is 0 Å². The molecule has 0 unspecified atom stereocenters. The summed E-state index contributed by atoms with van der Waals surface area (Å²) >= 11 is 0. The molecule has 0 fully saturated rings. The van der Waals surface area contributed by atoms with E-state index in [-0.39, 0.29) is 6.54 Å². The SMILES string of the molecule is [B]=C(CN)Oc1cccc(OCC(CCC)CCC)c1. The monoisotopic (exact) mass is 274 g/mol. The molecule has 0 amide bonds. The molecule has 0 atom stereocenters. The molecule has 1 aromatic carbocycles. The molecule has 0 aliphatic rings. The fraction of sp³-hybridized carbons (Fsp3) is 0.562. The number of hydrogen-bond donors (Lipinski definition) is 1. The molecule has 0 aliphatic heterocycles. The summed E-state index contributed by atoms with van der Waals surface area (Å²) in [6.07, 6.45) is 4.80. The Morgan fingerprint density at radius 2 is 1.85 bits per heavy atom. The van der Waals surface area contributed by atoms with Crippen LogP contribution in [-0.4, -0.2) is 26.3 Å². The van der Waals surface area contributed by atoms with Gasteiger partial charge in [0, 0.05) is 0 Å². The van der Waals surface area contributed by atoms with Gasteiger partial charge < -0.3 is 0 Å². The van der Waals surface area contributed by atoms with Crippen molar-refractivity contribution in [3.05, 3.63) is 24.3 Å². The molecule has 1 rings (SSSR count). The van der Waals surface area contributed by atoms with Crippen LogP contribution >= 0.6 is 0 Å². The van der Waals surface area contributed by atoms with Crippen LogP contribution < -0.4 is 15.2 Å². The summed E-state index contributed by atoms with van der Waals surface area (Å²) in [5.41, 5.74) is 5.71. The Bertz CT molecular complexity index is 403. The van der Waals surface area contributed by atoms with Gasteiger partial charge in [0.2, 0.25) is 0 Å². The average molecular weight is 274 g/mol. The molecule has 0 spiro atoms. The summed E-state index contributed by atoms with van der Waals surface area (Å²) in [7, 11) is 5.58. The van der Waals surface area contributed by atoms with E-state index >= 15 is 0 Å². The molecule has 1 radical (unpaired) electrons. The van der Waals surface area contributed by atoms with Crippen molar-refractivity contribution in [1.82, 2.24) is 0 Å². The number of nitrogens with two attached hydrogens (primary N) is 1. The van der Waals surface area contributed by atoms with Gasteiger partial charge in [0.15, 0.2) is 0 Å². The van der Waals surface area contributed by atoms with E-state index in [0.717, 1.165) is 12.4 Å². The van der Waals surface area contributed by atoms with E-state index in [1.807, 2.05) is 24.3 Å². The first-order valence-corrected chi connectivity index (χ1v) is 7.41. The Kier molecular flexibility index (Phi) is 8.04. The predicted molar refractivity (Wildman–Crippen MR) is 85.7 cm³/mol. The first-order valence-electron chi connectivity index (χ1n) is 7.41. The van der Waals surface area contributed by atoms with Gasteiger partial charge in [-0.15, -0.1) is 0 Å². The maximum absolute atomic E-state index is 5.87. The van der Waals surface area contributed by atoms with Crippen molar-refractivity contribution in [3.63, 3.8) is 0 Å². The molecule has 0 saturated carbocycles. The van der Waals surface area contributed by atoms with Gasteiger partial charge >= 0.3 is 123 Å². The van der Waals surface area contributed by atoms with Crippen LogP contribution in [-0.2, 0) is 0 Å². The number of benzene rings is 1. The molecule has 109 valence electrons. The predicted octanol–water partition coefficient (Wildman–Crippen LogP) is 2.92. The second-order valence-electron chi connectivity index (χ2n) is 5.00. The molecule has 0 aliphatic carbocycles. The van der Waals surface area contributed by atoms with Crippen molar-refractivity contribution in [1.29, 1.82) is 0 Å². The van der Waals surface area contributed by atoms with Gasteiger partial charge in [0.25, 0.3) is 0 Å². The van der Waals surface area contributed by atoms with Gasteiger partial charge in [-0.1, -0.05) is 0 Å². The molecule has 2 N–H and O–H groups in total. The third-order valence-corrected chi connectivity index (χ3v) is 3.14. The first kappa shape index (κ1) is 16.8. The van der Waals surface area contributed by atoms with Crippen LogP contribution in [0, 0.1) is 5.92 Å². The number of rotatable bonds is 10. The van der Waals surface area contributed by atoms with Crippen molar-refractivity contribution >= 4 is 13.1 Å². The van der Waals surface area contributed by atoms with E-state index in [2.05, 4.69) is 13.8 Å². The van der Waals surface area contributed by atoms with Gasteiger partial charge in [-0.2, -0.15) is 0 Å². The quantitative estimate of drug-likeness (QED) is 0.667. The van der Waals surface area contributed by atoms with E-state index in [1.165, 1.54) is 25.7 Å². The van der Waals surface area contributed by atoms with Crippen molar-refractivity contribution < 1.29 is 9.47 Å². The minimum atomic E-state index is 0.208. The summed E-state index contributed by atoms with van der Waals surface area (Å²) in [5.74, 6) is 2.09. The fourth-order valence-corrected chi connectivity index (χ4v) is 2.16. The summed E-state index contributed by atoms with van der Waals surface area (Å²) in [6.45, 7) is 5.38. The summed E-state index contributed by atoms with van der Waals surface area (Å²) in [5, 5.41) is 0. The molecule has 4 heteroatoms. The third-order valence-electron chi connectivity index (χ3n) is 3.14. The van der Waals surface area contributed by atoms with Crippen LogP contribution in [0.25, 0.3) is 0 Å². The molecule has 0 aromatic heterocycles. The summed E-state index contributed by atoms with van der Waals surface area (Å²) < 4.78 is 11.3. The van der Waals surface area contributed by atoms with Crippen LogP contribution in [0.5, 0.6) is 11.5 Å². The summed E-state index contributed by atoms with van der Waals surface area (Å²) in [6, 6.07) is 7.51. The van der Waals surface area contributed by atoms with Gasteiger partial charge in [0.05, 0.1) is 0 Å². The normalized spacial score (nSPS) is 10.6. The van der Waals surface area contributed by atoms with E-state index in [4.69, 9.17) is 22.7 Å². The van der Waals surface area contributed by atoms with Crippen LogP contribution in [0.3, 0.4) is 0 Å². The third kappa shape index (κ3) is 6.24. The van der Waals surface area contributed by atoms with Crippen molar-refractivity contribution in [2.45, 2.75) is 39.5 Å². The molecule has 1 aromatic rings. The minimum absolute atomic E-state index is 0.208. The first-order chi connectivity index (χ1) is 9.69. The van der Waals surface area contributed by atoms with Crippen LogP contribution in [0.15, 0.2) is 24.3 Å². The fourth-order valence-electron chi connectivity index (χ4n) is 2.16. The molecular weight excluding hydrogens is 249 g/mol. The average Bonchev–Trinajstić information content (AvgIpc) is 2.45. The van der Waals surface area contributed by atoms with Crippen LogP contribution in [0.1, 0.15) is 39.5 Å². The van der Waals surface area contributed by atoms with Crippen molar-refractivity contribution in [2.24, 2.45) is 11.7 Å². The molecule has 3 nitrogen and oxygen atoms in total. The Balaban J connectivity index is 2.54. The maximum atomic E-state index is 5.87. The van der Waals surface area contributed by atoms with Crippen molar-refractivity contribution in [3.8, 4) is 11.5 Å². The molecule has 20 heavy (non-hydrogen) atoms. The van der Waals surface area contributed by atoms with E-state index in [9.17, 15) is 0 Å². The summed E-state index contributed by atoms with van der Waals surface area (Å²) in [4.78, 5) is 0. The Morgan fingerprint density at radius 1 is 1.20 bits per heavy atom. The Labute approximate surface area is 123 Å². The van der Waals surface area contributed by atoms with E-state index in [0.29, 0.717) is 17.3 Å². The van der Waals surface area contributed by atoms with Gasteiger partial charge in [-0.3, -0.25) is 0 Å². The number of ether oxygens (including phenoxy) is 2. The van der Waals surface area contributed by atoms with Gasteiger partial charge in [-0.25, -0.2) is 0 Å². The second-order valence-corrected chi connectivity index (χ2v) is 5.00. The zero-order valence-electron chi connectivity index (χ0n) is 12.6. The molecular formula is C16H25BNO2. The van der Waals surface area contributed by atoms with Crippen LogP contribution in [0.2, 0.25) is 0 Å². The standard InChI is InChI=1S/C16H25BNO2/c1-3-6-13(7-4-2)12-19-14-8-5-9-15(10-14)20-16(17)11-18/h5,8-10,13H,3-4,6-7,11-12,18H2,1-2H3. The topological polar surface area (TPSA) is 44.5 Å². The molecule has 0 bridgehead atoms. The molecule has 0 heterocycles. The number of hydrogen-bond acceptors (Lipinski definition) is 3. The van der Waals surface area contributed by atoms with Gasteiger partial charge in [0.1, 0.15) is 0 Å². The zero-order chi connectivity index (χ0) is 14.8. The zero-order valence-corrected chi connectivity index (χ0v) is 12.6. The van der Waals surface area contributed by atoms with Gasteiger partial charge in [-0.05, 0) is 0 Å². The molecule has 0 saturated heterocycles. The van der Waals surface area contributed by atoms with Crippen LogP contribution in [0.4, 0.5) is 0 Å². The van der Waals surface area contributed by atoms with E-state index in [1.54, 1.807) is 0 Å². The Morgan fingerprint density at radius 3 is 2.45 bits per heavy atom. The van der Waals surface area contributed by atoms with Crippen molar-refractivity contribution in [2.75, 3.05) is 13.2 Å². The Hall–Kier alpha value is -1.29. The second kappa shape index (κ2) is 9.59.